The van der Waals surface area contributed by atoms with Crippen LogP contribution in [-0.4, -0.2) is 16.1 Å². The molecule has 96 valence electrons. The average Bonchev–Trinajstić information content (AvgIpc) is 2.86. The van der Waals surface area contributed by atoms with Gasteiger partial charge in [0.1, 0.15) is 5.03 Å². The molecule has 0 aliphatic heterocycles. The lowest BCUT2D eigenvalue weighted by Crippen LogP contribution is -2.04. The molecule has 1 aromatic carbocycles. The Hall–Kier alpha value is -1.81. The maximum atomic E-state index is 11.4. The summed E-state index contributed by atoms with van der Waals surface area (Å²) in [6.07, 6.45) is 2.97. The third kappa shape index (κ3) is 2.49. The Bertz CT molecular complexity index is 626. The van der Waals surface area contributed by atoms with Crippen molar-refractivity contribution >= 4 is 17.7 Å². The van der Waals surface area contributed by atoms with Crippen LogP contribution >= 0.6 is 11.8 Å². The van der Waals surface area contributed by atoms with Gasteiger partial charge in [0.15, 0.2) is 0 Å². The van der Waals surface area contributed by atoms with E-state index in [2.05, 4.69) is 4.98 Å². The molecule has 0 amide bonds. The number of carbonyl (C=O) groups is 1. The zero-order valence-electron chi connectivity index (χ0n) is 10.3. The molecule has 19 heavy (non-hydrogen) atoms. The fraction of sp³-hybridized carbons (Fsp3) is 0.200. The number of aromatic carboxylic acids is 1. The molecule has 3 rings (SSSR count). The Morgan fingerprint density at radius 2 is 2.00 bits per heavy atom. The van der Waals surface area contributed by atoms with Crippen molar-refractivity contribution in [2.75, 3.05) is 0 Å². The lowest BCUT2D eigenvalue weighted by Gasteiger charge is -2.08. The van der Waals surface area contributed by atoms with E-state index in [9.17, 15) is 9.90 Å². The summed E-state index contributed by atoms with van der Waals surface area (Å²) in [7, 11) is 0. The van der Waals surface area contributed by atoms with Crippen molar-refractivity contribution < 1.29 is 9.90 Å². The van der Waals surface area contributed by atoms with Gasteiger partial charge in [-0.05, 0) is 43.0 Å². The van der Waals surface area contributed by atoms with Gasteiger partial charge in [0.25, 0.3) is 0 Å². The van der Waals surface area contributed by atoms with Gasteiger partial charge in [-0.25, -0.2) is 9.78 Å². The first kappa shape index (κ1) is 12.2. The predicted molar refractivity (Wildman–Crippen MR) is 73.8 cm³/mol. The molecule has 4 heteroatoms. The number of nitrogens with zero attached hydrogens (tertiary/aromatic N) is 1. The Morgan fingerprint density at radius 1 is 1.21 bits per heavy atom. The minimum Gasteiger partial charge on any atom is -0.478 e. The van der Waals surface area contributed by atoms with Crippen molar-refractivity contribution in [3.05, 3.63) is 53.2 Å². The fourth-order valence-electron chi connectivity index (χ4n) is 2.28. The van der Waals surface area contributed by atoms with Gasteiger partial charge in [0, 0.05) is 10.6 Å². The number of fused-ring (bicyclic) bond motifs is 1. The number of rotatable bonds is 3. The van der Waals surface area contributed by atoms with E-state index in [4.69, 9.17) is 0 Å². The van der Waals surface area contributed by atoms with E-state index in [1.165, 1.54) is 11.8 Å². The van der Waals surface area contributed by atoms with Gasteiger partial charge in [0.2, 0.25) is 0 Å². The van der Waals surface area contributed by atoms with Gasteiger partial charge in [-0.2, -0.15) is 0 Å². The van der Waals surface area contributed by atoms with Crippen LogP contribution in [0.4, 0.5) is 0 Å². The van der Waals surface area contributed by atoms with Crippen molar-refractivity contribution in [3.8, 4) is 0 Å². The molecule has 0 bridgehead atoms. The van der Waals surface area contributed by atoms with Crippen molar-refractivity contribution in [3.63, 3.8) is 0 Å². The number of hydrogen-bond donors (Lipinski definition) is 1. The minimum atomic E-state index is -0.902. The summed E-state index contributed by atoms with van der Waals surface area (Å²) in [5.74, 6) is -0.902. The molecule has 1 aliphatic carbocycles. The largest absolute Gasteiger partial charge is 0.478 e. The van der Waals surface area contributed by atoms with Crippen LogP contribution in [0.25, 0.3) is 0 Å². The molecule has 3 nitrogen and oxygen atoms in total. The molecule has 0 fully saturated rings. The van der Waals surface area contributed by atoms with Crippen LogP contribution < -0.4 is 0 Å². The SMILES string of the molecule is O=C(O)c1cc2c(nc1Sc1ccccc1)CCC2. The highest BCUT2D eigenvalue weighted by molar-refractivity contribution is 7.99. The molecule has 0 saturated heterocycles. The monoisotopic (exact) mass is 271 g/mol. The summed E-state index contributed by atoms with van der Waals surface area (Å²) in [6.45, 7) is 0. The van der Waals surface area contributed by atoms with Crippen LogP contribution in [0.1, 0.15) is 28.0 Å². The number of carboxylic acids is 1. The van der Waals surface area contributed by atoms with Gasteiger partial charge < -0.3 is 5.11 Å². The zero-order chi connectivity index (χ0) is 13.2. The lowest BCUT2D eigenvalue weighted by atomic mass is 10.1. The van der Waals surface area contributed by atoms with E-state index in [-0.39, 0.29) is 0 Å². The van der Waals surface area contributed by atoms with Gasteiger partial charge in [0.05, 0.1) is 5.56 Å². The number of aromatic nitrogens is 1. The van der Waals surface area contributed by atoms with E-state index in [1.54, 1.807) is 6.07 Å². The van der Waals surface area contributed by atoms with Gasteiger partial charge in [-0.15, -0.1) is 0 Å². The molecular weight excluding hydrogens is 258 g/mol. The first-order valence-electron chi connectivity index (χ1n) is 6.23. The van der Waals surface area contributed by atoms with Crippen molar-refractivity contribution in [2.24, 2.45) is 0 Å². The van der Waals surface area contributed by atoms with Crippen LogP contribution in [0.5, 0.6) is 0 Å². The normalized spacial score (nSPS) is 13.3. The lowest BCUT2D eigenvalue weighted by molar-refractivity contribution is 0.0692. The summed E-state index contributed by atoms with van der Waals surface area (Å²) in [5, 5.41) is 9.92. The highest BCUT2D eigenvalue weighted by Gasteiger charge is 2.20. The van der Waals surface area contributed by atoms with Crippen molar-refractivity contribution in [1.82, 2.24) is 4.98 Å². The van der Waals surface area contributed by atoms with Crippen LogP contribution in [0, 0.1) is 0 Å². The minimum absolute atomic E-state index is 0.314. The summed E-state index contributed by atoms with van der Waals surface area (Å²) >= 11 is 1.42. The highest BCUT2D eigenvalue weighted by atomic mass is 32.2. The average molecular weight is 271 g/mol. The van der Waals surface area contributed by atoms with E-state index < -0.39 is 5.97 Å². The van der Waals surface area contributed by atoms with E-state index in [1.807, 2.05) is 30.3 Å². The molecule has 1 aromatic heterocycles. The number of carboxylic acid groups (broad SMARTS) is 1. The Balaban J connectivity index is 2.02. The second kappa shape index (κ2) is 5.05. The highest BCUT2D eigenvalue weighted by Crippen LogP contribution is 2.32. The van der Waals surface area contributed by atoms with Crippen LogP contribution in [-0.2, 0) is 12.8 Å². The zero-order valence-corrected chi connectivity index (χ0v) is 11.1. The molecule has 0 atom stereocenters. The first-order valence-corrected chi connectivity index (χ1v) is 7.04. The molecule has 1 N–H and O–H groups in total. The smallest absolute Gasteiger partial charge is 0.338 e. The third-order valence-electron chi connectivity index (χ3n) is 3.20. The van der Waals surface area contributed by atoms with E-state index >= 15 is 0 Å². The van der Waals surface area contributed by atoms with Crippen molar-refractivity contribution in [1.29, 1.82) is 0 Å². The Morgan fingerprint density at radius 3 is 2.74 bits per heavy atom. The maximum Gasteiger partial charge on any atom is 0.338 e. The number of pyridine rings is 1. The molecule has 0 unspecified atom stereocenters. The third-order valence-corrected chi connectivity index (χ3v) is 4.22. The molecule has 0 saturated carbocycles. The number of aryl methyl sites for hydroxylation is 2. The summed E-state index contributed by atoms with van der Waals surface area (Å²) in [6, 6.07) is 11.5. The van der Waals surface area contributed by atoms with Gasteiger partial charge >= 0.3 is 5.97 Å². The van der Waals surface area contributed by atoms with Crippen molar-refractivity contribution in [2.45, 2.75) is 29.2 Å². The quantitative estimate of drug-likeness (QED) is 0.929. The molecule has 0 radical (unpaired) electrons. The van der Waals surface area contributed by atoms with Crippen LogP contribution in [0.2, 0.25) is 0 Å². The standard InChI is InChI=1S/C15H13NO2S/c17-15(18)12-9-10-5-4-8-13(10)16-14(12)19-11-6-2-1-3-7-11/h1-3,6-7,9H,4-5,8H2,(H,17,18). The van der Waals surface area contributed by atoms with E-state index in [0.29, 0.717) is 10.6 Å². The molecule has 2 aromatic rings. The fourth-order valence-corrected chi connectivity index (χ4v) is 3.21. The molecular formula is C15H13NO2S. The molecule has 1 heterocycles. The topological polar surface area (TPSA) is 50.2 Å². The number of hydrogen-bond acceptors (Lipinski definition) is 3. The van der Waals surface area contributed by atoms with E-state index in [0.717, 1.165) is 35.4 Å². The van der Waals surface area contributed by atoms with Crippen LogP contribution in [0.15, 0.2) is 46.3 Å². The van der Waals surface area contributed by atoms with Crippen LogP contribution in [0.3, 0.4) is 0 Å². The molecule has 1 aliphatic rings. The summed E-state index contributed by atoms with van der Waals surface area (Å²) in [4.78, 5) is 16.9. The Kier molecular flexibility index (Phi) is 3.25. The second-order valence-corrected chi connectivity index (χ2v) is 5.58. The predicted octanol–water partition coefficient (Wildman–Crippen LogP) is 3.42. The maximum absolute atomic E-state index is 11.4. The Labute approximate surface area is 115 Å². The summed E-state index contributed by atoms with van der Waals surface area (Å²) < 4.78 is 0. The first-order chi connectivity index (χ1) is 9.24. The summed E-state index contributed by atoms with van der Waals surface area (Å²) in [5.41, 5.74) is 2.47. The van der Waals surface area contributed by atoms with Gasteiger partial charge in [-0.3, -0.25) is 0 Å². The number of benzene rings is 1. The van der Waals surface area contributed by atoms with Gasteiger partial charge in [-0.1, -0.05) is 30.0 Å². The second-order valence-electron chi connectivity index (χ2n) is 4.52. The molecule has 0 spiro atoms.